The van der Waals surface area contributed by atoms with Crippen LogP contribution in [-0.4, -0.2) is 17.0 Å². The molecule has 0 spiro atoms. The van der Waals surface area contributed by atoms with Gasteiger partial charge in [0, 0.05) is 11.1 Å². The summed E-state index contributed by atoms with van der Waals surface area (Å²) in [5.74, 6) is -2.01. The highest BCUT2D eigenvalue weighted by atomic mass is 16.4. The Bertz CT molecular complexity index is 660. The number of rotatable bonds is 3. The zero-order valence-corrected chi connectivity index (χ0v) is 10.2. The van der Waals surface area contributed by atoms with Crippen LogP contribution < -0.4 is 5.32 Å². The first-order valence-corrected chi connectivity index (χ1v) is 6.18. The molecule has 2 atom stereocenters. The van der Waals surface area contributed by atoms with Gasteiger partial charge >= 0.3 is 5.97 Å². The Morgan fingerprint density at radius 2 is 1.79 bits per heavy atom. The molecular formula is C15H13NO3. The Hall–Kier alpha value is -2.36. The molecule has 2 aromatic rings. The zero-order valence-electron chi connectivity index (χ0n) is 10.2. The minimum atomic E-state index is -0.891. The fourth-order valence-electron chi connectivity index (χ4n) is 2.32. The number of anilines is 1. The van der Waals surface area contributed by atoms with E-state index in [4.69, 9.17) is 5.11 Å². The third-order valence-corrected chi connectivity index (χ3v) is 3.49. The summed E-state index contributed by atoms with van der Waals surface area (Å²) in [4.78, 5) is 22.7. The summed E-state index contributed by atoms with van der Waals surface area (Å²) in [6.45, 7) is 0. The van der Waals surface area contributed by atoms with E-state index in [1.807, 2.05) is 42.5 Å². The minimum Gasteiger partial charge on any atom is -0.481 e. The molecule has 1 amide bonds. The van der Waals surface area contributed by atoms with Gasteiger partial charge in [-0.05, 0) is 17.9 Å². The molecule has 1 fully saturated rings. The molecule has 19 heavy (non-hydrogen) atoms. The molecular weight excluding hydrogens is 242 g/mol. The number of carboxylic acid groups (broad SMARTS) is 1. The molecule has 2 N–H and O–H groups in total. The molecule has 2 unspecified atom stereocenters. The normalized spacial score (nSPS) is 21.1. The van der Waals surface area contributed by atoms with Crippen molar-refractivity contribution in [2.75, 3.05) is 5.32 Å². The van der Waals surface area contributed by atoms with Gasteiger partial charge in [0.25, 0.3) is 0 Å². The summed E-state index contributed by atoms with van der Waals surface area (Å²) < 4.78 is 0. The lowest BCUT2D eigenvalue weighted by atomic mass is 10.1. The standard InChI is InChI=1S/C15H13NO3/c17-14(11-8-12(11)15(18)19)16-13-7-3-5-9-4-1-2-6-10(9)13/h1-7,11-12H,8H2,(H,16,17)(H,18,19). The van der Waals surface area contributed by atoms with Gasteiger partial charge in [0.15, 0.2) is 0 Å². The van der Waals surface area contributed by atoms with Crippen LogP contribution in [0.5, 0.6) is 0 Å². The quantitative estimate of drug-likeness (QED) is 0.885. The van der Waals surface area contributed by atoms with Gasteiger partial charge in [-0.15, -0.1) is 0 Å². The summed E-state index contributed by atoms with van der Waals surface area (Å²) >= 11 is 0. The van der Waals surface area contributed by atoms with Crippen LogP contribution in [0, 0.1) is 11.8 Å². The molecule has 1 saturated carbocycles. The molecule has 0 radical (unpaired) electrons. The van der Waals surface area contributed by atoms with Crippen LogP contribution >= 0.6 is 0 Å². The summed E-state index contributed by atoms with van der Waals surface area (Å²) in [7, 11) is 0. The molecule has 0 heterocycles. The van der Waals surface area contributed by atoms with Crippen molar-refractivity contribution in [3.63, 3.8) is 0 Å². The first-order valence-electron chi connectivity index (χ1n) is 6.18. The largest absolute Gasteiger partial charge is 0.481 e. The lowest BCUT2D eigenvalue weighted by Crippen LogP contribution is -2.16. The second kappa shape index (κ2) is 4.39. The van der Waals surface area contributed by atoms with Crippen molar-refractivity contribution >= 4 is 28.3 Å². The van der Waals surface area contributed by atoms with E-state index in [2.05, 4.69) is 5.32 Å². The van der Waals surface area contributed by atoms with Crippen LogP contribution in [0.4, 0.5) is 5.69 Å². The minimum absolute atomic E-state index is 0.205. The van der Waals surface area contributed by atoms with Crippen molar-refractivity contribution in [2.24, 2.45) is 11.8 Å². The fourth-order valence-corrected chi connectivity index (χ4v) is 2.32. The number of carbonyl (C=O) groups excluding carboxylic acids is 1. The number of hydrogen-bond acceptors (Lipinski definition) is 2. The fraction of sp³-hybridized carbons (Fsp3) is 0.200. The van der Waals surface area contributed by atoms with Crippen LogP contribution in [0.2, 0.25) is 0 Å². The number of benzene rings is 2. The average molecular weight is 255 g/mol. The molecule has 96 valence electrons. The van der Waals surface area contributed by atoms with Crippen LogP contribution in [0.3, 0.4) is 0 Å². The van der Waals surface area contributed by atoms with E-state index in [1.165, 1.54) is 0 Å². The van der Waals surface area contributed by atoms with E-state index in [0.29, 0.717) is 6.42 Å². The van der Waals surface area contributed by atoms with E-state index in [9.17, 15) is 9.59 Å². The number of carboxylic acids is 1. The van der Waals surface area contributed by atoms with Crippen molar-refractivity contribution in [2.45, 2.75) is 6.42 Å². The molecule has 1 aliphatic carbocycles. The van der Waals surface area contributed by atoms with Crippen molar-refractivity contribution in [1.29, 1.82) is 0 Å². The van der Waals surface area contributed by atoms with Crippen molar-refractivity contribution < 1.29 is 14.7 Å². The van der Waals surface area contributed by atoms with Crippen LogP contribution in [-0.2, 0) is 9.59 Å². The van der Waals surface area contributed by atoms with Crippen molar-refractivity contribution in [3.8, 4) is 0 Å². The maximum atomic E-state index is 12.0. The number of hydrogen-bond donors (Lipinski definition) is 2. The highest BCUT2D eigenvalue weighted by molar-refractivity contribution is 6.04. The Morgan fingerprint density at radius 3 is 2.53 bits per heavy atom. The van der Waals surface area contributed by atoms with Gasteiger partial charge in [0.05, 0.1) is 11.8 Å². The molecule has 4 nitrogen and oxygen atoms in total. The van der Waals surface area contributed by atoms with Gasteiger partial charge < -0.3 is 10.4 Å². The molecule has 3 rings (SSSR count). The number of fused-ring (bicyclic) bond motifs is 1. The van der Waals surface area contributed by atoms with Crippen molar-refractivity contribution in [3.05, 3.63) is 42.5 Å². The monoisotopic (exact) mass is 255 g/mol. The third kappa shape index (κ3) is 2.17. The Kier molecular flexibility index (Phi) is 2.71. The van der Waals surface area contributed by atoms with Gasteiger partial charge in [-0.25, -0.2) is 0 Å². The number of amides is 1. The van der Waals surface area contributed by atoms with E-state index in [-0.39, 0.29) is 5.91 Å². The highest BCUT2D eigenvalue weighted by Crippen LogP contribution is 2.39. The summed E-state index contributed by atoms with van der Waals surface area (Å²) in [5.41, 5.74) is 0.735. The van der Waals surface area contributed by atoms with Crippen LogP contribution in [0.25, 0.3) is 10.8 Å². The molecule has 0 aliphatic heterocycles. The van der Waals surface area contributed by atoms with Crippen molar-refractivity contribution in [1.82, 2.24) is 0 Å². The van der Waals surface area contributed by atoms with E-state index in [0.717, 1.165) is 16.5 Å². The molecule has 1 aliphatic rings. The predicted octanol–water partition coefficient (Wildman–Crippen LogP) is 2.50. The number of aliphatic carboxylic acids is 1. The summed E-state index contributed by atoms with van der Waals surface area (Å²) in [5, 5.41) is 13.7. The van der Waals surface area contributed by atoms with Gasteiger partial charge in [-0.1, -0.05) is 36.4 Å². The second-order valence-electron chi connectivity index (χ2n) is 4.80. The maximum absolute atomic E-state index is 12.0. The van der Waals surface area contributed by atoms with Gasteiger partial charge in [-0.3, -0.25) is 9.59 Å². The summed E-state index contributed by atoms with van der Waals surface area (Å²) in [6, 6.07) is 13.4. The first-order chi connectivity index (χ1) is 9.16. The highest BCUT2D eigenvalue weighted by Gasteiger charge is 2.48. The topological polar surface area (TPSA) is 66.4 Å². The predicted molar refractivity (Wildman–Crippen MR) is 71.8 cm³/mol. The lowest BCUT2D eigenvalue weighted by Gasteiger charge is -2.08. The van der Waals surface area contributed by atoms with Crippen LogP contribution in [0.1, 0.15) is 6.42 Å². The third-order valence-electron chi connectivity index (χ3n) is 3.49. The second-order valence-corrected chi connectivity index (χ2v) is 4.80. The first kappa shape index (κ1) is 11.7. The van der Waals surface area contributed by atoms with E-state index in [1.54, 1.807) is 0 Å². The molecule has 0 bridgehead atoms. The SMILES string of the molecule is O=C(O)C1CC1C(=O)Nc1cccc2ccccc12. The van der Waals surface area contributed by atoms with Crippen LogP contribution in [0.15, 0.2) is 42.5 Å². The number of carbonyl (C=O) groups is 2. The lowest BCUT2D eigenvalue weighted by molar-refractivity contribution is -0.139. The van der Waals surface area contributed by atoms with E-state index >= 15 is 0 Å². The Balaban J connectivity index is 1.83. The maximum Gasteiger partial charge on any atom is 0.307 e. The zero-order chi connectivity index (χ0) is 13.4. The number of nitrogens with one attached hydrogen (secondary N) is 1. The smallest absolute Gasteiger partial charge is 0.307 e. The molecule has 4 heteroatoms. The van der Waals surface area contributed by atoms with Gasteiger partial charge in [0.2, 0.25) is 5.91 Å². The summed E-state index contributed by atoms with van der Waals surface area (Å²) in [6.07, 6.45) is 0.436. The van der Waals surface area contributed by atoms with E-state index < -0.39 is 17.8 Å². The molecule has 0 aromatic heterocycles. The molecule has 2 aromatic carbocycles. The average Bonchev–Trinajstić information content (AvgIpc) is 3.19. The molecule has 0 saturated heterocycles. The van der Waals surface area contributed by atoms with Gasteiger partial charge in [0.1, 0.15) is 0 Å². The van der Waals surface area contributed by atoms with Gasteiger partial charge in [-0.2, -0.15) is 0 Å². The Morgan fingerprint density at radius 1 is 1.05 bits per heavy atom. The Labute approximate surface area is 110 Å².